The van der Waals surface area contributed by atoms with Crippen LogP contribution in [0.1, 0.15) is 13.8 Å². The number of β-amino-alcohol motifs (C(OH)–C–C–N with tert-alkyl or cyclic N) is 1. The summed E-state index contributed by atoms with van der Waals surface area (Å²) in [6.45, 7) is 4.07. The van der Waals surface area contributed by atoms with Crippen LogP contribution in [0.2, 0.25) is 0 Å². The molecule has 1 N–H and O–H groups in total. The largest absolute Gasteiger partial charge is 0.387 e. The molecule has 0 amide bonds. The van der Waals surface area contributed by atoms with Gasteiger partial charge in [0.05, 0.1) is 10.5 Å². The number of aliphatic hydroxyl groups is 1. The minimum Gasteiger partial charge on any atom is -0.387 e. The Bertz CT molecular complexity index is 595. The Hall–Kier alpha value is 0.0500. The first-order chi connectivity index (χ1) is 8.67. The number of sulfonamides is 1. The highest BCUT2D eigenvalue weighted by Gasteiger charge is 2.49. The predicted octanol–water partition coefficient (Wildman–Crippen LogP) is 2.60. The zero-order valence-electron chi connectivity index (χ0n) is 10.6. The molecule has 106 valence electrons. The van der Waals surface area contributed by atoms with E-state index in [9.17, 15) is 13.5 Å². The molecule has 4 nitrogen and oxygen atoms in total. The van der Waals surface area contributed by atoms with E-state index in [1.165, 1.54) is 4.31 Å². The minimum atomic E-state index is -3.56. The molecule has 1 aliphatic rings. The fourth-order valence-corrected chi connectivity index (χ4v) is 4.94. The molecule has 1 fully saturated rings. The van der Waals surface area contributed by atoms with Crippen LogP contribution in [0.5, 0.6) is 0 Å². The molecule has 0 unspecified atom stereocenters. The third-order valence-electron chi connectivity index (χ3n) is 3.49. The van der Waals surface area contributed by atoms with Gasteiger partial charge in [0.25, 0.3) is 0 Å². The summed E-state index contributed by atoms with van der Waals surface area (Å²) in [5.41, 5.74) is -0.911. The lowest BCUT2D eigenvalue weighted by Gasteiger charge is -2.47. The van der Waals surface area contributed by atoms with Crippen LogP contribution in [0.4, 0.5) is 0 Å². The fraction of sp³-hybridized carbons (Fsp3) is 0.500. The van der Waals surface area contributed by atoms with Crippen molar-refractivity contribution in [1.82, 2.24) is 4.31 Å². The first-order valence-corrected chi connectivity index (χ1v) is 8.87. The molecule has 1 saturated heterocycles. The summed E-state index contributed by atoms with van der Waals surface area (Å²) in [7, 11) is -3.56. The molecular formula is C12H15Br2NO3S. The van der Waals surface area contributed by atoms with Gasteiger partial charge in [0.1, 0.15) is 0 Å². The van der Waals surface area contributed by atoms with E-state index in [0.29, 0.717) is 8.95 Å². The second-order valence-electron chi connectivity index (χ2n) is 5.11. The topological polar surface area (TPSA) is 57.6 Å². The van der Waals surface area contributed by atoms with Gasteiger partial charge < -0.3 is 5.11 Å². The van der Waals surface area contributed by atoms with Crippen LogP contribution < -0.4 is 0 Å². The quantitative estimate of drug-likeness (QED) is 0.829. The molecule has 0 spiro atoms. The van der Waals surface area contributed by atoms with Crippen LogP contribution in [-0.4, -0.2) is 36.5 Å². The van der Waals surface area contributed by atoms with Gasteiger partial charge in [-0.05, 0) is 40.0 Å². The van der Waals surface area contributed by atoms with E-state index >= 15 is 0 Å². The summed E-state index contributed by atoms with van der Waals surface area (Å²) in [6.07, 6.45) is 0. The summed E-state index contributed by atoms with van der Waals surface area (Å²) in [6, 6.07) is 5.02. The maximum Gasteiger partial charge on any atom is 0.244 e. The SMILES string of the molecule is CC(C)C1(O)CN(S(=O)(=O)c2cc(Br)ccc2Br)C1. The van der Waals surface area contributed by atoms with Gasteiger partial charge in [-0.3, -0.25) is 0 Å². The van der Waals surface area contributed by atoms with Gasteiger partial charge in [-0.25, -0.2) is 8.42 Å². The Balaban J connectivity index is 2.29. The third kappa shape index (κ3) is 2.76. The number of benzene rings is 1. The van der Waals surface area contributed by atoms with Crippen LogP contribution in [0.25, 0.3) is 0 Å². The fourth-order valence-electron chi connectivity index (χ4n) is 1.91. The number of hydrogen-bond donors (Lipinski definition) is 1. The molecule has 0 atom stereocenters. The van der Waals surface area contributed by atoms with E-state index in [1.807, 2.05) is 13.8 Å². The van der Waals surface area contributed by atoms with Gasteiger partial charge in [-0.1, -0.05) is 29.8 Å². The van der Waals surface area contributed by atoms with Crippen molar-refractivity contribution in [2.24, 2.45) is 5.92 Å². The molecule has 0 radical (unpaired) electrons. The molecule has 1 aromatic carbocycles. The Kier molecular flexibility index (Phi) is 4.15. The summed E-state index contributed by atoms with van der Waals surface area (Å²) < 4.78 is 27.5. The van der Waals surface area contributed by atoms with Crippen molar-refractivity contribution in [3.8, 4) is 0 Å². The molecule has 1 aromatic rings. The van der Waals surface area contributed by atoms with E-state index in [4.69, 9.17) is 0 Å². The number of nitrogens with zero attached hydrogens (tertiary/aromatic N) is 1. The van der Waals surface area contributed by atoms with Crippen molar-refractivity contribution < 1.29 is 13.5 Å². The van der Waals surface area contributed by atoms with Crippen molar-refractivity contribution in [2.75, 3.05) is 13.1 Å². The van der Waals surface area contributed by atoms with E-state index < -0.39 is 15.6 Å². The van der Waals surface area contributed by atoms with E-state index in [-0.39, 0.29) is 23.9 Å². The lowest BCUT2D eigenvalue weighted by atomic mass is 9.85. The maximum atomic E-state index is 12.5. The molecule has 0 aliphatic carbocycles. The molecule has 1 heterocycles. The van der Waals surface area contributed by atoms with Gasteiger partial charge in [0.2, 0.25) is 10.0 Å². The van der Waals surface area contributed by atoms with Crippen molar-refractivity contribution in [3.05, 3.63) is 27.1 Å². The smallest absolute Gasteiger partial charge is 0.244 e. The third-order valence-corrected chi connectivity index (χ3v) is 6.76. The number of halogens is 2. The van der Waals surface area contributed by atoms with E-state index in [0.717, 1.165) is 0 Å². The minimum absolute atomic E-state index is 0.0323. The van der Waals surface area contributed by atoms with Crippen LogP contribution in [0, 0.1) is 5.92 Å². The van der Waals surface area contributed by atoms with Crippen molar-refractivity contribution >= 4 is 41.9 Å². The molecule has 2 rings (SSSR count). The van der Waals surface area contributed by atoms with Crippen molar-refractivity contribution in [3.63, 3.8) is 0 Å². The summed E-state index contributed by atoms with van der Waals surface area (Å²) in [4.78, 5) is 0.215. The average molecular weight is 413 g/mol. The maximum absolute atomic E-state index is 12.5. The van der Waals surface area contributed by atoms with Crippen LogP contribution in [0.15, 0.2) is 32.0 Å². The van der Waals surface area contributed by atoms with Crippen LogP contribution in [-0.2, 0) is 10.0 Å². The Labute approximate surface area is 130 Å². The highest BCUT2D eigenvalue weighted by atomic mass is 79.9. The molecule has 0 saturated carbocycles. The summed E-state index contributed by atoms with van der Waals surface area (Å²) in [5.74, 6) is 0.0323. The zero-order chi connectivity index (χ0) is 14.4. The van der Waals surface area contributed by atoms with Crippen LogP contribution >= 0.6 is 31.9 Å². The molecule has 0 bridgehead atoms. The first kappa shape index (κ1) is 15.4. The number of rotatable bonds is 3. The molecule has 0 aromatic heterocycles. The summed E-state index contributed by atoms with van der Waals surface area (Å²) >= 11 is 6.53. The van der Waals surface area contributed by atoms with Gasteiger partial charge in [0.15, 0.2) is 0 Å². The zero-order valence-corrected chi connectivity index (χ0v) is 14.6. The predicted molar refractivity (Wildman–Crippen MR) is 80.4 cm³/mol. The van der Waals surface area contributed by atoms with E-state index in [2.05, 4.69) is 31.9 Å². The lowest BCUT2D eigenvalue weighted by Crippen LogP contribution is -2.65. The highest BCUT2D eigenvalue weighted by molar-refractivity contribution is 9.11. The standard InChI is InChI=1S/C12H15Br2NO3S/c1-8(2)12(16)6-15(7-12)19(17,18)11-5-9(13)3-4-10(11)14/h3-5,8,16H,6-7H2,1-2H3. The van der Waals surface area contributed by atoms with Crippen molar-refractivity contribution in [2.45, 2.75) is 24.3 Å². The van der Waals surface area contributed by atoms with Gasteiger partial charge in [0, 0.05) is 22.0 Å². The average Bonchev–Trinajstić information content (AvgIpc) is 2.27. The lowest BCUT2D eigenvalue weighted by molar-refractivity contribution is -0.0932. The normalized spacial score (nSPS) is 19.5. The monoisotopic (exact) mass is 411 g/mol. The van der Waals surface area contributed by atoms with E-state index in [1.54, 1.807) is 18.2 Å². The van der Waals surface area contributed by atoms with Crippen LogP contribution in [0.3, 0.4) is 0 Å². The number of hydrogen-bond acceptors (Lipinski definition) is 3. The highest BCUT2D eigenvalue weighted by Crippen LogP contribution is 2.36. The molecular weight excluding hydrogens is 398 g/mol. The Morgan fingerprint density at radius 1 is 1.32 bits per heavy atom. The summed E-state index contributed by atoms with van der Waals surface area (Å²) in [5, 5.41) is 10.2. The van der Waals surface area contributed by atoms with Gasteiger partial charge in [-0.2, -0.15) is 4.31 Å². The van der Waals surface area contributed by atoms with Gasteiger partial charge >= 0.3 is 0 Å². The molecule has 19 heavy (non-hydrogen) atoms. The molecule has 1 aliphatic heterocycles. The van der Waals surface area contributed by atoms with Gasteiger partial charge in [-0.15, -0.1) is 0 Å². The van der Waals surface area contributed by atoms with Crippen molar-refractivity contribution in [1.29, 1.82) is 0 Å². The molecule has 7 heteroatoms. The Morgan fingerprint density at radius 2 is 1.89 bits per heavy atom. The second kappa shape index (κ2) is 5.11. The second-order valence-corrected chi connectivity index (χ2v) is 8.78. The first-order valence-electron chi connectivity index (χ1n) is 5.84. The Morgan fingerprint density at radius 3 is 2.42 bits per heavy atom.